The van der Waals surface area contributed by atoms with Crippen LogP contribution >= 0.6 is 0 Å². The summed E-state index contributed by atoms with van der Waals surface area (Å²) >= 11 is 0. The summed E-state index contributed by atoms with van der Waals surface area (Å²) < 4.78 is 11.1. The second-order valence-electron chi connectivity index (χ2n) is 4.49. The van der Waals surface area contributed by atoms with Gasteiger partial charge in [0.05, 0.1) is 23.6 Å². The van der Waals surface area contributed by atoms with Crippen molar-refractivity contribution in [1.29, 1.82) is 0 Å². The molecule has 0 amide bonds. The molecule has 2 aromatic rings. The Morgan fingerprint density at radius 1 is 1.43 bits per heavy atom. The highest BCUT2D eigenvalue weighted by Crippen LogP contribution is 2.30. The molecule has 0 atom stereocenters. The molecule has 2 rings (SSSR count). The van der Waals surface area contributed by atoms with Crippen LogP contribution in [0, 0.1) is 0 Å². The Bertz CT molecular complexity index is 660. The molecule has 1 aromatic heterocycles. The number of aromatic nitrogens is 2. The Labute approximate surface area is 121 Å². The third kappa shape index (κ3) is 3.84. The SMILES string of the molecule is CC(C)Oc1cccc(N=C=O)c1COc1ccn(O)n1. The van der Waals surface area contributed by atoms with E-state index in [1.165, 1.54) is 18.3 Å². The third-order valence-electron chi connectivity index (χ3n) is 2.55. The van der Waals surface area contributed by atoms with Crippen LogP contribution in [0.5, 0.6) is 11.6 Å². The van der Waals surface area contributed by atoms with Crippen LogP contribution < -0.4 is 9.47 Å². The maximum Gasteiger partial charge on any atom is 0.240 e. The fourth-order valence-electron chi connectivity index (χ4n) is 1.74. The lowest BCUT2D eigenvalue weighted by Crippen LogP contribution is -2.09. The molecule has 1 heterocycles. The maximum absolute atomic E-state index is 10.5. The molecular weight excluding hydrogens is 274 g/mol. The highest BCUT2D eigenvalue weighted by molar-refractivity contribution is 5.58. The first-order valence-corrected chi connectivity index (χ1v) is 6.34. The molecule has 0 bridgehead atoms. The number of aliphatic imine (C=N–C) groups is 1. The molecule has 0 unspecified atom stereocenters. The lowest BCUT2D eigenvalue weighted by atomic mass is 10.1. The van der Waals surface area contributed by atoms with Gasteiger partial charge in [-0.25, -0.2) is 4.79 Å². The Morgan fingerprint density at radius 2 is 2.24 bits per heavy atom. The fourth-order valence-corrected chi connectivity index (χ4v) is 1.74. The molecule has 7 heteroatoms. The number of benzene rings is 1. The smallest absolute Gasteiger partial charge is 0.240 e. The van der Waals surface area contributed by atoms with Crippen molar-refractivity contribution < 1.29 is 19.5 Å². The third-order valence-corrected chi connectivity index (χ3v) is 2.55. The number of hydrogen-bond donors (Lipinski definition) is 1. The summed E-state index contributed by atoms with van der Waals surface area (Å²) in [4.78, 5) is 14.8. The van der Waals surface area contributed by atoms with E-state index < -0.39 is 0 Å². The first-order valence-electron chi connectivity index (χ1n) is 6.34. The van der Waals surface area contributed by atoms with Crippen LogP contribution in [0.2, 0.25) is 0 Å². The topological polar surface area (TPSA) is 85.9 Å². The minimum Gasteiger partial charge on any atom is -0.491 e. The fraction of sp³-hybridized carbons (Fsp3) is 0.286. The molecule has 0 spiro atoms. The first-order chi connectivity index (χ1) is 10.1. The molecule has 7 nitrogen and oxygen atoms in total. The van der Waals surface area contributed by atoms with Crippen molar-refractivity contribution in [3.05, 3.63) is 36.0 Å². The van der Waals surface area contributed by atoms with E-state index in [1.54, 1.807) is 18.2 Å². The lowest BCUT2D eigenvalue weighted by molar-refractivity contribution is 0.141. The second-order valence-corrected chi connectivity index (χ2v) is 4.49. The summed E-state index contributed by atoms with van der Waals surface area (Å²) in [5.41, 5.74) is 1.04. The Morgan fingerprint density at radius 3 is 2.86 bits per heavy atom. The summed E-state index contributed by atoms with van der Waals surface area (Å²) in [6.07, 6.45) is 2.82. The molecule has 1 aromatic carbocycles. The van der Waals surface area contributed by atoms with Crippen LogP contribution in [-0.2, 0) is 11.4 Å². The Hall–Kier alpha value is -2.79. The Kier molecular flexibility index (Phi) is 4.58. The summed E-state index contributed by atoms with van der Waals surface area (Å²) in [6, 6.07) is 6.68. The molecule has 21 heavy (non-hydrogen) atoms. The van der Waals surface area contributed by atoms with E-state index in [9.17, 15) is 4.79 Å². The summed E-state index contributed by atoms with van der Waals surface area (Å²) in [6.45, 7) is 3.89. The minimum absolute atomic E-state index is 0.0316. The van der Waals surface area contributed by atoms with Gasteiger partial charge in [-0.2, -0.15) is 4.99 Å². The predicted molar refractivity (Wildman–Crippen MR) is 73.7 cm³/mol. The van der Waals surface area contributed by atoms with Gasteiger partial charge in [0.15, 0.2) is 0 Å². The van der Waals surface area contributed by atoms with E-state index in [-0.39, 0.29) is 18.6 Å². The molecule has 0 fully saturated rings. The predicted octanol–water partition coefficient (Wildman–Crippen LogP) is 2.45. The van der Waals surface area contributed by atoms with Crippen molar-refractivity contribution in [2.45, 2.75) is 26.6 Å². The molecule has 0 aliphatic carbocycles. The highest BCUT2D eigenvalue weighted by atomic mass is 16.5. The molecular formula is C14H15N3O4. The van der Waals surface area contributed by atoms with Crippen molar-refractivity contribution in [3.63, 3.8) is 0 Å². The number of ether oxygens (including phenoxy) is 2. The van der Waals surface area contributed by atoms with Gasteiger partial charge in [0.25, 0.3) is 0 Å². The zero-order chi connectivity index (χ0) is 15.2. The van der Waals surface area contributed by atoms with Gasteiger partial charge >= 0.3 is 0 Å². The molecule has 0 saturated heterocycles. The van der Waals surface area contributed by atoms with Gasteiger partial charge in [0.1, 0.15) is 12.4 Å². The number of rotatable bonds is 6. The molecule has 0 aliphatic heterocycles. The van der Waals surface area contributed by atoms with Crippen molar-refractivity contribution in [3.8, 4) is 11.6 Å². The van der Waals surface area contributed by atoms with Gasteiger partial charge < -0.3 is 14.7 Å². The number of hydrogen-bond acceptors (Lipinski definition) is 6. The largest absolute Gasteiger partial charge is 0.491 e. The quantitative estimate of drug-likeness (QED) is 0.501. The highest BCUT2D eigenvalue weighted by Gasteiger charge is 2.12. The van der Waals surface area contributed by atoms with Gasteiger partial charge in [-0.3, -0.25) is 0 Å². The van der Waals surface area contributed by atoms with E-state index >= 15 is 0 Å². The lowest BCUT2D eigenvalue weighted by Gasteiger charge is -2.15. The summed E-state index contributed by atoms with van der Waals surface area (Å²) in [7, 11) is 0. The van der Waals surface area contributed by atoms with E-state index in [1.807, 2.05) is 13.8 Å². The van der Waals surface area contributed by atoms with Crippen LogP contribution in [0.1, 0.15) is 19.4 Å². The summed E-state index contributed by atoms with van der Waals surface area (Å²) in [5, 5.41) is 12.8. The van der Waals surface area contributed by atoms with Crippen molar-refractivity contribution in [2.24, 2.45) is 4.99 Å². The number of nitrogens with zero attached hydrogens (tertiary/aromatic N) is 3. The number of isocyanates is 1. The molecule has 110 valence electrons. The van der Waals surface area contributed by atoms with Crippen LogP contribution in [-0.4, -0.2) is 27.3 Å². The minimum atomic E-state index is -0.0316. The molecule has 1 N–H and O–H groups in total. The zero-order valence-corrected chi connectivity index (χ0v) is 11.7. The van der Waals surface area contributed by atoms with Crippen molar-refractivity contribution in [2.75, 3.05) is 0 Å². The molecule has 0 radical (unpaired) electrons. The van der Waals surface area contributed by atoms with Crippen molar-refractivity contribution >= 4 is 11.8 Å². The standard InChI is InChI=1S/C14H15N3O4/c1-10(2)21-13-5-3-4-12(15-9-18)11(13)8-20-14-6-7-17(19)16-14/h3-7,10,19H,8H2,1-2H3. The van der Waals surface area contributed by atoms with Crippen LogP contribution in [0.15, 0.2) is 35.5 Å². The van der Waals surface area contributed by atoms with Crippen molar-refractivity contribution in [1.82, 2.24) is 9.94 Å². The average molecular weight is 289 g/mol. The normalized spacial score (nSPS) is 10.2. The van der Waals surface area contributed by atoms with E-state index in [0.717, 1.165) is 0 Å². The van der Waals surface area contributed by atoms with Gasteiger partial charge in [-0.05, 0) is 26.0 Å². The van der Waals surface area contributed by atoms with Crippen LogP contribution in [0.4, 0.5) is 5.69 Å². The van der Waals surface area contributed by atoms with E-state index in [0.29, 0.717) is 21.8 Å². The van der Waals surface area contributed by atoms with Gasteiger partial charge in [-0.15, -0.1) is 4.85 Å². The number of carbonyl (C=O) groups excluding carboxylic acids is 1. The van der Waals surface area contributed by atoms with E-state index in [2.05, 4.69) is 10.1 Å². The summed E-state index contributed by atoms with van der Waals surface area (Å²) in [5.74, 6) is 0.822. The van der Waals surface area contributed by atoms with E-state index in [4.69, 9.17) is 14.7 Å². The molecule has 0 saturated carbocycles. The van der Waals surface area contributed by atoms with Crippen LogP contribution in [0.3, 0.4) is 0 Å². The second kappa shape index (κ2) is 6.58. The Balaban J connectivity index is 2.27. The van der Waals surface area contributed by atoms with Gasteiger partial charge in [0.2, 0.25) is 12.0 Å². The average Bonchev–Trinajstić information content (AvgIpc) is 2.83. The first kappa shape index (κ1) is 14.6. The van der Waals surface area contributed by atoms with Gasteiger partial charge in [-0.1, -0.05) is 11.2 Å². The molecule has 0 aliphatic rings. The van der Waals surface area contributed by atoms with Gasteiger partial charge in [0, 0.05) is 6.07 Å². The van der Waals surface area contributed by atoms with Crippen LogP contribution in [0.25, 0.3) is 0 Å². The monoisotopic (exact) mass is 289 g/mol. The maximum atomic E-state index is 10.5. The zero-order valence-electron chi connectivity index (χ0n) is 11.7.